The second-order valence-corrected chi connectivity index (χ2v) is 7.86. The Bertz CT molecular complexity index is 281. The van der Waals surface area contributed by atoms with Crippen LogP contribution >= 0.6 is 0 Å². The molecule has 0 aromatic carbocycles. The van der Waals surface area contributed by atoms with E-state index in [9.17, 15) is 0 Å². The van der Waals surface area contributed by atoms with Crippen LogP contribution in [0.1, 0.15) is 47.5 Å². The highest BCUT2D eigenvalue weighted by atomic mass is 15.1. The largest absolute Gasteiger partial charge is 0.314 e. The summed E-state index contributed by atoms with van der Waals surface area (Å²) in [5, 5.41) is 3.82. The van der Waals surface area contributed by atoms with Crippen LogP contribution in [0.15, 0.2) is 0 Å². The van der Waals surface area contributed by atoms with E-state index in [1.807, 2.05) is 0 Å². The van der Waals surface area contributed by atoms with Gasteiger partial charge in [0, 0.05) is 12.6 Å². The normalized spacial score (nSPS) is 33.3. The number of piperidine rings is 1. The van der Waals surface area contributed by atoms with E-state index in [1.165, 1.54) is 32.5 Å². The van der Waals surface area contributed by atoms with Gasteiger partial charge >= 0.3 is 0 Å². The number of nitrogens with zero attached hydrogens (tertiary/aromatic N) is 1. The first kappa shape index (κ1) is 14.3. The van der Waals surface area contributed by atoms with Crippen molar-refractivity contribution in [1.29, 1.82) is 0 Å². The van der Waals surface area contributed by atoms with Gasteiger partial charge in [-0.2, -0.15) is 0 Å². The predicted octanol–water partition coefficient (Wildman–Crippen LogP) is 2.99. The van der Waals surface area contributed by atoms with Crippen LogP contribution in [0.3, 0.4) is 0 Å². The lowest BCUT2D eigenvalue weighted by Crippen LogP contribution is -2.43. The first-order valence-corrected chi connectivity index (χ1v) is 7.68. The summed E-state index contributed by atoms with van der Waals surface area (Å²) in [6, 6.07) is 0.667. The van der Waals surface area contributed by atoms with Crippen molar-refractivity contribution in [2.24, 2.45) is 22.7 Å². The maximum Gasteiger partial charge on any atom is 0.00793 e. The minimum absolute atomic E-state index is 0.517. The van der Waals surface area contributed by atoms with Gasteiger partial charge in [0.15, 0.2) is 0 Å². The van der Waals surface area contributed by atoms with E-state index in [-0.39, 0.29) is 0 Å². The summed E-state index contributed by atoms with van der Waals surface area (Å²) in [6.07, 6.45) is 2.77. The van der Waals surface area contributed by atoms with E-state index in [4.69, 9.17) is 0 Å². The first-order chi connectivity index (χ1) is 8.26. The van der Waals surface area contributed by atoms with Gasteiger partial charge in [0.1, 0.15) is 0 Å². The minimum atomic E-state index is 0.517. The summed E-state index contributed by atoms with van der Waals surface area (Å²) >= 11 is 0. The van der Waals surface area contributed by atoms with Crippen molar-refractivity contribution in [3.05, 3.63) is 0 Å². The summed E-state index contributed by atoms with van der Waals surface area (Å²) in [5.41, 5.74) is 1.03. The van der Waals surface area contributed by atoms with E-state index in [1.54, 1.807) is 0 Å². The number of hydrogen-bond acceptors (Lipinski definition) is 2. The molecule has 2 aliphatic rings. The Morgan fingerprint density at radius 3 is 2.33 bits per heavy atom. The fourth-order valence-electron chi connectivity index (χ4n) is 3.93. The van der Waals surface area contributed by atoms with Gasteiger partial charge < -0.3 is 10.2 Å². The molecule has 2 atom stereocenters. The second-order valence-electron chi connectivity index (χ2n) is 7.86. The quantitative estimate of drug-likeness (QED) is 0.827. The lowest BCUT2D eigenvalue weighted by Gasteiger charge is -2.34. The molecule has 1 saturated carbocycles. The van der Waals surface area contributed by atoms with Gasteiger partial charge in [-0.3, -0.25) is 0 Å². The molecule has 1 saturated heterocycles. The maximum absolute atomic E-state index is 3.82. The summed E-state index contributed by atoms with van der Waals surface area (Å²) in [4.78, 5) is 2.48. The molecule has 0 spiro atoms. The highest BCUT2D eigenvalue weighted by molar-refractivity contribution is 5.13. The lowest BCUT2D eigenvalue weighted by atomic mass is 9.91. The van der Waals surface area contributed by atoms with Crippen molar-refractivity contribution in [2.45, 2.75) is 53.5 Å². The average Bonchev–Trinajstić information content (AvgIpc) is 2.66. The zero-order valence-corrected chi connectivity index (χ0v) is 13.2. The molecule has 2 nitrogen and oxygen atoms in total. The number of likely N-dealkylation sites (tertiary alicyclic amines) is 1. The van der Waals surface area contributed by atoms with Crippen LogP contribution in [-0.4, -0.2) is 37.6 Å². The molecule has 18 heavy (non-hydrogen) atoms. The van der Waals surface area contributed by atoms with Crippen LogP contribution in [0.5, 0.6) is 0 Å². The van der Waals surface area contributed by atoms with E-state index < -0.39 is 0 Å². The molecule has 106 valence electrons. The zero-order chi connectivity index (χ0) is 13.6. The molecule has 0 aromatic heterocycles. The van der Waals surface area contributed by atoms with Crippen molar-refractivity contribution >= 4 is 0 Å². The molecule has 2 unspecified atom stereocenters. The molecule has 0 radical (unpaired) electrons. The Hall–Kier alpha value is -0.0800. The predicted molar refractivity (Wildman–Crippen MR) is 78.7 cm³/mol. The van der Waals surface area contributed by atoms with Gasteiger partial charge in [-0.1, -0.05) is 27.7 Å². The smallest absolute Gasteiger partial charge is 0.00793 e. The van der Waals surface area contributed by atoms with Crippen LogP contribution < -0.4 is 5.32 Å². The van der Waals surface area contributed by atoms with Crippen LogP contribution in [0.4, 0.5) is 0 Å². The molecule has 2 heteroatoms. The zero-order valence-electron chi connectivity index (χ0n) is 13.2. The minimum Gasteiger partial charge on any atom is -0.314 e. The molecule has 1 aliphatic heterocycles. The van der Waals surface area contributed by atoms with Gasteiger partial charge in [-0.25, -0.2) is 0 Å². The molecule has 2 fully saturated rings. The van der Waals surface area contributed by atoms with Gasteiger partial charge in [-0.15, -0.1) is 0 Å². The van der Waals surface area contributed by atoms with E-state index in [0.717, 1.165) is 11.8 Å². The summed E-state index contributed by atoms with van der Waals surface area (Å²) in [5.74, 6) is 1.68. The van der Waals surface area contributed by atoms with E-state index in [0.29, 0.717) is 16.9 Å². The van der Waals surface area contributed by atoms with Gasteiger partial charge in [0.05, 0.1) is 0 Å². The topological polar surface area (TPSA) is 15.3 Å². The van der Waals surface area contributed by atoms with Crippen molar-refractivity contribution in [3.63, 3.8) is 0 Å². The third kappa shape index (κ3) is 2.46. The Balaban J connectivity index is 1.77. The van der Waals surface area contributed by atoms with Crippen molar-refractivity contribution < 1.29 is 0 Å². The van der Waals surface area contributed by atoms with Crippen molar-refractivity contribution in [3.8, 4) is 0 Å². The van der Waals surface area contributed by atoms with E-state index >= 15 is 0 Å². The Morgan fingerprint density at radius 1 is 1.22 bits per heavy atom. The lowest BCUT2D eigenvalue weighted by molar-refractivity contribution is 0.177. The summed E-state index contributed by atoms with van der Waals surface area (Å²) in [6.45, 7) is 15.8. The average molecular weight is 252 g/mol. The monoisotopic (exact) mass is 252 g/mol. The molecule has 0 aromatic rings. The molecular formula is C16H32N2. The SMILES string of the molecule is CC(NCC1C(C)(C)C1(C)C)C1CCCN(C)C1. The fraction of sp³-hybridized carbons (Fsp3) is 1.00. The standard InChI is InChI=1S/C16H32N2/c1-12(13-8-7-9-18(6)11-13)17-10-14-15(2,3)16(14,4)5/h12-14,17H,7-11H2,1-6H3. The Kier molecular flexibility index (Phi) is 3.81. The highest BCUT2D eigenvalue weighted by Crippen LogP contribution is 2.67. The number of nitrogens with one attached hydrogen (secondary N) is 1. The maximum atomic E-state index is 3.82. The number of rotatable bonds is 4. The van der Waals surface area contributed by atoms with Gasteiger partial charge in [0.25, 0.3) is 0 Å². The molecule has 2 rings (SSSR count). The highest BCUT2D eigenvalue weighted by Gasteiger charge is 2.63. The van der Waals surface area contributed by atoms with Gasteiger partial charge in [-0.05, 0) is 62.6 Å². The molecule has 1 N–H and O–H groups in total. The Morgan fingerprint density at radius 2 is 1.83 bits per heavy atom. The Labute approximate surface area is 114 Å². The van der Waals surface area contributed by atoms with E-state index in [2.05, 4.69) is 51.9 Å². The van der Waals surface area contributed by atoms with Crippen LogP contribution in [0, 0.1) is 22.7 Å². The van der Waals surface area contributed by atoms with Crippen LogP contribution in [0.2, 0.25) is 0 Å². The molecular weight excluding hydrogens is 220 g/mol. The molecule has 0 amide bonds. The molecule has 0 bridgehead atoms. The van der Waals surface area contributed by atoms with Gasteiger partial charge in [0.2, 0.25) is 0 Å². The van der Waals surface area contributed by atoms with Crippen LogP contribution in [-0.2, 0) is 0 Å². The second kappa shape index (κ2) is 4.79. The number of hydrogen-bond donors (Lipinski definition) is 1. The summed E-state index contributed by atoms with van der Waals surface area (Å²) < 4.78 is 0. The molecule has 1 aliphatic carbocycles. The van der Waals surface area contributed by atoms with Crippen molar-refractivity contribution in [1.82, 2.24) is 10.2 Å². The van der Waals surface area contributed by atoms with Crippen LogP contribution in [0.25, 0.3) is 0 Å². The summed E-state index contributed by atoms with van der Waals surface area (Å²) in [7, 11) is 2.26. The van der Waals surface area contributed by atoms with Crippen molar-refractivity contribution in [2.75, 3.05) is 26.7 Å². The third-order valence-corrected chi connectivity index (χ3v) is 6.33. The first-order valence-electron chi connectivity index (χ1n) is 7.68. The third-order valence-electron chi connectivity index (χ3n) is 6.33. The molecule has 1 heterocycles. The fourth-order valence-corrected chi connectivity index (χ4v) is 3.93.